The highest BCUT2D eigenvalue weighted by Gasteiger charge is 2.30. The Hall–Kier alpha value is -3.19. The Morgan fingerprint density at radius 2 is 1.44 bits per heavy atom. The van der Waals surface area contributed by atoms with Crippen molar-refractivity contribution in [2.75, 3.05) is 23.7 Å². The van der Waals surface area contributed by atoms with Gasteiger partial charge in [0.2, 0.25) is 5.91 Å². The Kier molecular flexibility index (Phi) is 5.86. The van der Waals surface area contributed by atoms with Gasteiger partial charge in [-0.2, -0.15) is 0 Å². The Morgan fingerprint density at radius 3 is 1.96 bits per heavy atom. The van der Waals surface area contributed by atoms with Gasteiger partial charge < -0.3 is 11.5 Å². The van der Waals surface area contributed by atoms with Crippen molar-refractivity contribution in [1.82, 2.24) is 4.90 Å². The Morgan fingerprint density at radius 1 is 0.880 bits per heavy atom. The molecule has 4 N–H and O–H groups in total. The van der Waals surface area contributed by atoms with Crippen molar-refractivity contribution in [3.63, 3.8) is 0 Å². The molecule has 0 fully saturated rings. The van der Waals surface area contributed by atoms with Crippen molar-refractivity contribution in [3.05, 3.63) is 54.6 Å². The molecule has 0 heterocycles. The van der Waals surface area contributed by atoms with Gasteiger partial charge in [-0.1, -0.05) is 18.2 Å². The molecule has 0 saturated heterocycles. The zero-order valence-corrected chi connectivity index (χ0v) is 13.9. The minimum absolute atomic E-state index is 0.0235. The molecule has 0 aliphatic rings. The lowest BCUT2D eigenvalue weighted by Gasteiger charge is -2.25. The quantitative estimate of drug-likeness (QED) is 0.643. The van der Waals surface area contributed by atoms with Gasteiger partial charge in [-0.05, 0) is 36.4 Å². The van der Waals surface area contributed by atoms with Crippen LogP contribution < -0.4 is 16.4 Å². The normalized spacial score (nSPS) is 10.2. The van der Waals surface area contributed by atoms with Crippen LogP contribution in [0.5, 0.6) is 0 Å². The molecular formula is C18H20N4O3. The largest absolute Gasteiger partial charge is 0.399 e. The summed E-state index contributed by atoms with van der Waals surface area (Å²) >= 11 is 0. The van der Waals surface area contributed by atoms with Crippen LogP contribution in [0, 0.1) is 0 Å². The van der Waals surface area contributed by atoms with Crippen molar-refractivity contribution in [1.29, 1.82) is 0 Å². The molecule has 2 rings (SSSR count). The fourth-order valence-electron chi connectivity index (χ4n) is 2.33. The highest BCUT2D eigenvalue weighted by Crippen LogP contribution is 2.26. The number of hydrogen-bond acceptors (Lipinski definition) is 5. The molecule has 2 aromatic carbocycles. The lowest BCUT2D eigenvalue weighted by Crippen LogP contribution is -2.47. The number of nitrogens with zero attached hydrogens (tertiary/aromatic N) is 2. The molecule has 0 bridgehead atoms. The average Bonchev–Trinajstić information content (AvgIpc) is 2.61. The number of hydrogen-bond donors (Lipinski definition) is 2. The van der Waals surface area contributed by atoms with E-state index < -0.39 is 17.7 Å². The van der Waals surface area contributed by atoms with Gasteiger partial charge in [0.1, 0.15) is 0 Å². The second kappa shape index (κ2) is 8.07. The van der Waals surface area contributed by atoms with Crippen LogP contribution in [0.1, 0.15) is 6.92 Å². The summed E-state index contributed by atoms with van der Waals surface area (Å²) in [7, 11) is 0. The summed E-state index contributed by atoms with van der Waals surface area (Å²) in [5, 5.41) is 0. The van der Waals surface area contributed by atoms with Crippen LogP contribution >= 0.6 is 0 Å². The third kappa shape index (κ3) is 4.21. The SMILES string of the molecule is CC(=O)N(CCN)C(=O)C(=O)N(c1ccccc1)c1ccc(N)cc1. The second-order valence-corrected chi connectivity index (χ2v) is 5.33. The standard InChI is InChI=1S/C18H20N4O3/c1-13(23)21(12-11-19)17(24)18(25)22(15-5-3-2-4-6-15)16-9-7-14(20)8-10-16/h2-10H,11-12,19-20H2,1H3. The van der Waals surface area contributed by atoms with Crippen LogP contribution in [0.3, 0.4) is 0 Å². The fourth-order valence-corrected chi connectivity index (χ4v) is 2.33. The van der Waals surface area contributed by atoms with E-state index in [1.807, 2.05) is 0 Å². The van der Waals surface area contributed by atoms with Gasteiger partial charge in [0, 0.05) is 37.1 Å². The van der Waals surface area contributed by atoms with E-state index in [4.69, 9.17) is 11.5 Å². The zero-order valence-electron chi connectivity index (χ0n) is 13.9. The number of nitrogens with two attached hydrogens (primary N) is 2. The van der Waals surface area contributed by atoms with Crippen molar-refractivity contribution in [2.45, 2.75) is 6.92 Å². The van der Waals surface area contributed by atoms with E-state index in [9.17, 15) is 14.4 Å². The molecule has 0 aromatic heterocycles. The van der Waals surface area contributed by atoms with E-state index in [-0.39, 0.29) is 13.1 Å². The second-order valence-electron chi connectivity index (χ2n) is 5.33. The lowest BCUT2D eigenvalue weighted by molar-refractivity contribution is -0.150. The molecule has 0 saturated carbocycles. The first-order chi connectivity index (χ1) is 12.0. The molecule has 0 aliphatic heterocycles. The summed E-state index contributed by atoms with van der Waals surface area (Å²) < 4.78 is 0. The average molecular weight is 340 g/mol. The first-order valence-electron chi connectivity index (χ1n) is 7.73. The number of rotatable bonds is 4. The molecule has 0 spiro atoms. The minimum Gasteiger partial charge on any atom is -0.399 e. The van der Waals surface area contributed by atoms with Gasteiger partial charge in [0.15, 0.2) is 0 Å². The fraction of sp³-hybridized carbons (Fsp3) is 0.167. The molecule has 0 unspecified atom stereocenters. The molecule has 0 atom stereocenters. The van der Waals surface area contributed by atoms with Crippen molar-refractivity contribution >= 4 is 34.8 Å². The number of carbonyl (C=O) groups excluding carboxylic acids is 3. The summed E-state index contributed by atoms with van der Waals surface area (Å²) in [6, 6.07) is 15.2. The van der Waals surface area contributed by atoms with Crippen molar-refractivity contribution in [2.24, 2.45) is 5.73 Å². The molecular weight excluding hydrogens is 320 g/mol. The molecule has 130 valence electrons. The number of para-hydroxylation sites is 1. The van der Waals surface area contributed by atoms with E-state index in [2.05, 4.69) is 0 Å². The van der Waals surface area contributed by atoms with Crippen LogP contribution in [0.4, 0.5) is 17.1 Å². The summed E-state index contributed by atoms with van der Waals surface area (Å²) in [6.45, 7) is 1.27. The predicted molar refractivity (Wildman–Crippen MR) is 95.9 cm³/mol. The first-order valence-corrected chi connectivity index (χ1v) is 7.73. The third-order valence-corrected chi connectivity index (χ3v) is 3.53. The molecule has 0 radical (unpaired) electrons. The maximum atomic E-state index is 12.9. The smallest absolute Gasteiger partial charge is 0.321 e. The number of anilines is 3. The first kappa shape index (κ1) is 18.2. The molecule has 7 nitrogen and oxygen atoms in total. The molecule has 2 aromatic rings. The van der Waals surface area contributed by atoms with Gasteiger partial charge in [-0.3, -0.25) is 24.2 Å². The number of nitrogen functional groups attached to an aromatic ring is 1. The topological polar surface area (TPSA) is 110 Å². The monoisotopic (exact) mass is 340 g/mol. The number of amides is 3. The minimum atomic E-state index is -0.932. The van der Waals surface area contributed by atoms with Gasteiger partial charge in [0.25, 0.3) is 0 Å². The predicted octanol–water partition coefficient (Wildman–Crippen LogP) is 1.27. The molecule has 7 heteroatoms. The maximum absolute atomic E-state index is 12.9. The number of imide groups is 1. The van der Waals surface area contributed by atoms with Crippen LogP contribution in [-0.4, -0.2) is 35.7 Å². The van der Waals surface area contributed by atoms with E-state index >= 15 is 0 Å². The number of benzene rings is 2. The van der Waals surface area contributed by atoms with Crippen LogP contribution in [0.25, 0.3) is 0 Å². The Balaban J connectivity index is 2.44. The van der Waals surface area contributed by atoms with E-state index in [1.54, 1.807) is 54.6 Å². The van der Waals surface area contributed by atoms with Gasteiger partial charge in [-0.25, -0.2) is 0 Å². The van der Waals surface area contributed by atoms with E-state index in [0.29, 0.717) is 17.1 Å². The molecule has 25 heavy (non-hydrogen) atoms. The van der Waals surface area contributed by atoms with Gasteiger partial charge in [-0.15, -0.1) is 0 Å². The maximum Gasteiger partial charge on any atom is 0.321 e. The summed E-state index contributed by atoms with van der Waals surface area (Å²) in [5.74, 6) is -2.31. The highest BCUT2D eigenvalue weighted by molar-refractivity contribution is 6.43. The van der Waals surface area contributed by atoms with E-state index in [0.717, 1.165) is 4.90 Å². The van der Waals surface area contributed by atoms with Crippen LogP contribution in [0.15, 0.2) is 54.6 Å². The van der Waals surface area contributed by atoms with Crippen molar-refractivity contribution < 1.29 is 14.4 Å². The summed E-state index contributed by atoms with van der Waals surface area (Å²) in [5.41, 5.74) is 12.6. The summed E-state index contributed by atoms with van der Waals surface area (Å²) in [6.07, 6.45) is 0. The van der Waals surface area contributed by atoms with Crippen LogP contribution in [0.2, 0.25) is 0 Å². The zero-order chi connectivity index (χ0) is 18.4. The number of carbonyl (C=O) groups is 3. The lowest BCUT2D eigenvalue weighted by atomic mass is 10.2. The van der Waals surface area contributed by atoms with Crippen LogP contribution in [-0.2, 0) is 14.4 Å². The van der Waals surface area contributed by atoms with Crippen molar-refractivity contribution in [3.8, 4) is 0 Å². The van der Waals surface area contributed by atoms with Gasteiger partial charge >= 0.3 is 11.8 Å². The third-order valence-electron chi connectivity index (χ3n) is 3.53. The Bertz CT molecular complexity index is 760. The molecule has 0 aliphatic carbocycles. The highest BCUT2D eigenvalue weighted by atomic mass is 16.2. The van der Waals surface area contributed by atoms with E-state index in [1.165, 1.54) is 11.8 Å². The summed E-state index contributed by atoms with van der Waals surface area (Å²) in [4.78, 5) is 39.2. The molecule has 3 amide bonds. The Labute approximate surface area is 145 Å². The van der Waals surface area contributed by atoms with Gasteiger partial charge in [0.05, 0.1) is 0 Å².